The maximum Gasteiger partial charge on any atom is 0.357 e. The third-order valence-corrected chi connectivity index (χ3v) is 3.56. The molecule has 0 aliphatic heterocycles. The number of aromatic carboxylic acids is 1. The SMILES string of the molecule is CNC(=O)CSc1c(C(=O)O)nnc2ccccc12. The van der Waals surface area contributed by atoms with Crippen molar-refractivity contribution in [3.8, 4) is 0 Å². The first-order valence-electron chi connectivity index (χ1n) is 5.45. The average molecular weight is 277 g/mol. The maximum absolute atomic E-state index is 11.3. The topological polar surface area (TPSA) is 92.2 Å². The smallest absolute Gasteiger partial charge is 0.357 e. The van der Waals surface area contributed by atoms with Crippen molar-refractivity contribution < 1.29 is 14.7 Å². The van der Waals surface area contributed by atoms with Crippen LogP contribution in [0.2, 0.25) is 0 Å². The first-order chi connectivity index (χ1) is 9.13. The van der Waals surface area contributed by atoms with Crippen LogP contribution in [0.1, 0.15) is 10.5 Å². The Labute approximate surface area is 113 Å². The minimum absolute atomic E-state index is 0.131. The number of rotatable bonds is 4. The van der Waals surface area contributed by atoms with Crippen molar-refractivity contribution in [1.82, 2.24) is 15.5 Å². The van der Waals surface area contributed by atoms with Gasteiger partial charge < -0.3 is 10.4 Å². The van der Waals surface area contributed by atoms with Gasteiger partial charge in [-0.25, -0.2) is 4.79 Å². The fraction of sp³-hybridized carbons (Fsp3) is 0.167. The van der Waals surface area contributed by atoms with Crippen LogP contribution in [0.4, 0.5) is 0 Å². The minimum Gasteiger partial charge on any atom is -0.476 e. The van der Waals surface area contributed by atoms with Gasteiger partial charge in [-0.05, 0) is 6.07 Å². The van der Waals surface area contributed by atoms with Gasteiger partial charge in [0.2, 0.25) is 5.91 Å². The second kappa shape index (κ2) is 5.66. The van der Waals surface area contributed by atoms with Gasteiger partial charge in [0.15, 0.2) is 5.69 Å². The fourth-order valence-corrected chi connectivity index (χ4v) is 2.54. The Morgan fingerprint density at radius 3 is 2.74 bits per heavy atom. The summed E-state index contributed by atoms with van der Waals surface area (Å²) < 4.78 is 0. The molecule has 6 nitrogen and oxygen atoms in total. The van der Waals surface area contributed by atoms with Gasteiger partial charge >= 0.3 is 5.97 Å². The first kappa shape index (κ1) is 13.3. The molecule has 1 aromatic carbocycles. The number of thioether (sulfide) groups is 1. The minimum atomic E-state index is -1.15. The number of carbonyl (C=O) groups is 2. The van der Waals surface area contributed by atoms with E-state index in [0.29, 0.717) is 15.8 Å². The Morgan fingerprint density at radius 2 is 2.05 bits per heavy atom. The summed E-state index contributed by atoms with van der Waals surface area (Å²) in [7, 11) is 1.53. The molecule has 2 rings (SSSR count). The van der Waals surface area contributed by atoms with Crippen molar-refractivity contribution in [2.24, 2.45) is 0 Å². The number of carboxylic acid groups (broad SMARTS) is 1. The highest BCUT2D eigenvalue weighted by Crippen LogP contribution is 2.28. The quantitative estimate of drug-likeness (QED) is 0.815. The second-order valence-corrected chi connectivity index (χ2v) is 4.65. The summed E-state index contributed by atoms with van der Waals surface area (Å²) in [6, 6.07) is 7.10. The highest BCUT2D eigenvalue weighted by Gasteiger charge is 2.17. The molecule has 0 saturated carbocycles. The molecule has 0 atom stereocenters. The predicted molar refractivity (Wildman–Crippen MR) is 71.3 cm³/mol. The molecular weight excluding hydrogens is 266 g/mol. The second-order valence-electron chi connectivity index (χ2n) is 3.66. The summed E-state index contributed by atoms with van der Waals surface area (Å²) in [4.78, 5) is 22.9. The van der Waals surface area contributed by atoms with Crippen molar-refractivity contribution in [3.63, 3.8) is 0 Å². The van der Waals surface area contributed by atoms with Crippen LogP contribution in [0.5, 0.6) is 0 Å². The average Bonchev–Trinajstić information content (AvgIpc) is 2.43. The molecular formula is C12H11N3O3S. The van der Waals surface area contributed by atoms with E-state index >= 15 is 0 Å². The van der Waals surface area contributed by atoms with Crippen LogP contribution in [-0.4, -0.2) is 40.0 Å². The molecule has 0 spiro atoms. The van der Waals surface area contributed by atoms with Crippen LogP contribution in [0.25, 0.3) is 10.9 Å². The largest absolute Gasteiger partial charge is 0.476 e. The van der Waals surface area contributed by atoms with Crippen LogP contribution in [0.3, 0.4) is 0 Å². The van der Waals surface area contributed by atoms with Gasteiger partial charge in [-0.3, -0.25) is 4.79 Å². The molecule has 2 aromatic rings. The molecule has 0 aliphatic carbocycles. The summed E-state index contributed by atoms with van der Waals surface area (Å²) in [6.45, 7) is 0. The Bertz CT molecular complexity index is 645. The van der Waals surface area contributed by atoms with E-state index in [1.165, 1.54) is 7.05 Å². The highest BCUT2D eigenvalue weighted by molar-refractivity contribution is 8.00. The van der Waals surface area contributed by atoms with E-state index in [1.54, 1.807) is 24.3 Å². The van der Waals surface area contributed by atoms with Gasteiger partial charge in [-0.15, -0.1) is 22.0 Å². The molecule has 7 heteroatoms. The van der Waals surface area contributed by atoms with Crippen molar-refractivity contribution >= 4 is 34.5 Å². The van der Waals surface area contributed by atoms with E-state index in [-0.39, 0.29) is 17.4 Å². The van der Waals surface area contributed by atoms with Gasteiger partial charge in [-0.2, -0.15) is 0 Å². The van der Waals surface area contributed by atoms with E-state index in [1.807, 2.05) is 0 Å². The number of hydrogen-bond acceptors (Lipinski definition) is 5. The molecule has 1 heterocycles. The van der Waals surface area contributed by atoms with Crippen molar-refractivity contribution in [2.75, 3.05) is 12.8 Å². The summed E-state index contributed by atoms with van der Waals surface area (Å²) in [5.74, 6) is -1.20. The molecule has 19 heavy (non-hydrogen) atoms. The number of carbonyl (C=O) groups excluding carboxylic acids is 1. The lowest BCUT2D eigenvalue weighted by atomic mass is 10.2. The van der Waals surface area contributed by atoms with Crippen LogP contribution >= 0.6 is 11.8 Å². The number of amides is 1. The normalized spacial score (nSPS) is 10.4. The van der Waals surface area contributed by atoms with Crippen molar-refractivity contribution in [3.05, 3.63) is 30.0 Å². The number of hydrogen-bond donors (Lipinski definition) is 2. The van der Waals surface area contributed by atoms with Crippen molar-refractivity contribution in [1.29, 1.82) is 0 Å². The molecule has 1 aromatic heterocycles. The zero-order chi connectivity index (χ0) is 13.8. The molecule has 98 valence electrons. The highest BCUT2D eigenvalue weighted by atomic mass is 32.2. The van der Waals surface area contributed by atoms with Crippen LogP contribution < -0.4 is 5.32 Å². The number of nitrogens with zero attached hydrogens (tertiary/aromatic N) is 2. The molecule has 0 radical (unpaired) electrons. The first-order valence-corrected chi connectivity index (χ1v) is 6.44. The lowest BCUT2D eigenvalue weighted by Crippen LogP contribution is -2.20. The number of carboxylic acids is 1. The van der Waals surface area contributed by atoms with Gasteiger partial charge in [0.25, 0.3) is 0 Å². The zero-order valence-corrected chi connectivity index (χ0v) is 10.9. The molecule has 2 N–H and O–H groups in total. The summed E-state index contributed by atoms with van der Waals surface area (Å²) in [5.41, 5.74) is 0.472. The van der Waals surface area contributed by atoms with Crippen LogP contribution in [-0.2, 0) is 4.79 Å². The number of aromatic nitrogens is 2. The molecule has 0 aliphatic rings. The Kier molecular flexibility index (Phi) is 3.96. The fourth-order valence-electron chi connectivity index (χ4n) is 1.53. The van der Waals surface area contributed by atoms with E-state index < -0.39 is 5.97 Å². The van der Waals surface area contributed by atoms with Crippen LogP contribution in [0.15, 0.2) is 29.2 Å². The van der Waals surface area contributed by atoms with Gasteiger partial charge in [0, 0.05) is 12.4 Å². The Hall–Kier alpha value is -2.15. The summed E-state index contributed by atoms with van der Waals surface area (Å²) >= 11 is 1.14. The lowest BCUT2D eigenvalue weighted by molar-refractivity contribution is -0.118. The predicted octanol–water partition coefficient (Wildman–Crippen LogP) is 1.17. The van der Waals surface area contributed by atoms with Crippen molar-refractivity contribution in [2.45, 2.75) is 4.90 Å². The van der Waals surface area contributed by atoms with Gasteiger partial charge in [-0.1, -0.05) is 18.2 Å². The number of benzene rings is 1. The molecule has 0 saturated heterocycles. The van der Waals surface area contributed by atoms with E-state index in [9.17, 15) is 9.59 Å². The Balaban J connectivity index is 2.49. The van der Waals surface area contributed by atoms with E-state index in [2.05, 4.69) is 15.5 Å². The molecule has 1 amide bonds. The number of nitrogens with one attached hydrogen (secondary N) is 1. The van der Waals surface area contributed by atoms with E-state index in [0.717, 1.165) is 11.8 Å². The lowest BCUT2D eigenvalue weighted by Gasteiger charge is -2.07. The zero-order valence-electron chi connectivity index (χ0n) is 10.1. The third kappa shape index (κ3) is 2.82. The molecule has 0 fully saturated rings. The summed E-state index contributed by atoms with van der Waals surface area (Å²) in [5, 5.41) is 19.9. The summed E-state index contributed by atoms with van der Waals surface area (Å²) in [6.07, 6.45) is 0. The molecule has 0 unspecified atom stereocenters. The Morgan fingerprint density at radius 1 is 1.32 bits per heavy atom. The monoisotopic (exact) mass is 277 g/mol. The number of fused-ring (bicyclic) bond motifs is 1. The third-order valence-electron chi connectivity index (χ3n) is 2.45. The maximum atomic E-state index is 11.3. The van der Waals surface area contributed by atoms with Gasteiger partial charge in [0.05, 0.1) is 16.2 Å². The van der Waals surface area contributed by atoms with Crippen LogP contribution in [0, 0.1) is 0 Å². The standard InChI is InChI=1S/C12H11N3O3S/c1-13-9(16)6-19-11-7-4-2-3-5-8(7)14-15-10(11)12(17)18/h2-5H,6H2,1H3,(H,13,16)(H,17,18). The molecule has 0 bridgehead atoms. The van der Waals surface area contributed by atoms with E-state index in [4.69, 9.17) is 5.11 Å². The van der Waals surface area contributed by atoms with Gasteiger partial charge in [0.1, 0.15) is 0 Å².